The van der Waals surface area contributed by atoms with Gasteiger partial charge in [0.05, 0.1) is 0 Å². The summed E-state index contributed by atoms with van der Waals surface area (Å²) in [6, 6.07) is 10.7. The Balaban J connectivity index is 1.84. The number of rotatable bonds is 4. The average Bonchev–Trinajstić information content (AvgIpc) is 3.14. The summed E-state index contributed by atoms with van der Waals surface area (Å²) in [7, 11) is 0. The van der Waals surface area contributed by atoms with Gasteiger partial charge in [0, 0.05) is 23.0 Å². The van der Waals surface area contributed by atoms with Crippen molar-refractivity contribution >= 4 is 17.2 Å². The van der Waals surface area contributed by atoms with Crippen LogP contribution in [-0.2, 0) is 0 Å². The molecule has 1 aromatic carbocycles. The maximum absolute atomic E-state index is 12.6. The van der Waals surface area contributed by atoms with E-state index in [9.17, 15) is 4.79 Å². The van der Waals surface area contributed by atoms with Gasteiger partial charge in [-0.1, -0.05) is 30.3 Å². The van der Waals surface area contributed by atoms with E-state index < -0.39 is 0 Å². The van der Waals surface area contributed by atoms with Crippen molar-refractivity contribution in [2.24, 2.45) is 0 Å². The number of amides is 1. The Labute approximate surface area is 123 Å². The van der Waals surface area contributed by atoms with Gasteiger partial charge in [0.2, 0.25) is 0 Å². The van der Waals surface area contributed by atoms with E-state index in [0.717, 1.165) is 23.4 Å². The Morgan fingerprint density at radius 2 is 2.00 bits per heavy atom. The maximum atomic E-state index is 12.6. The highest BCUT2D eigenvalue weighted by Crippen LogP contribution is 2.31. The molecule has 2 aromatic rings. The second-order valence-electron chi connectivity index (χ2n) is 5.44. The Morgan fingerprint density at radius 1 is 1.30 bits per heavy atom. The van der Waals surface area contributed by atoms with E-state index in [1.165, 1.54) is 11.3 Å². The number of carbonyl (C=O) groups is 1. The van der Waals surface area contributed by atoms with E-state index in [0.29, 0.717) is 11.7 Å². The summed E-state index contributed by atoms with van der Waals surface area (Å²) >= 11 is 1.53. The van der Waals surface area contributed by atoms with Gasteiger partial charge in [-0.3, -0.25) is 4.79 Å². The van der Waals surface area contributed by atoms with Crippen LogP contribution < -0.4 is 0 Å². The fourth-order valence-electron chi connectivity index (χ4n) is 2.39. The lowest BCUT2D eigenvalue weighted by Gasteiger charge is -2.25. The lowest BCUT2D eigenvalue weighted by molar-refractivity contribution is 0.0685. The first-order valence-electron chi connectivity index (χ1n) is 7.00. The van der Waals surface area contributed by atoms with Crippen LogP contribution in [0.5, 0.6) is 0 Å². The fraction of sp³-hybridized carbons (Fsp3) is 0.375. The summed E-state index contributed by atoms with van der Waals surface area (Å²) in [5.74, 6) is 0.0703. The molecule has 4 heteroatoms. The minimum atomic E-state index is 0.0703. The summed E-state index contributed by atoms with van der Waals surface area (Å²) in [5, 5.41) is 2.79. The minimum absolute atomic E-state index is 0.0703. The first-order valence-corrected chi connectivity index (χ1v) is 7.88. The molecule has 0 aliphatic heterocycles. The van der Waals surface area contributed by atoms with Crippen LogP contribution in [-0.4, -0.2) is 27.9 Å². The minimum Gasteiger partial charge on any atom is -0.332 e. The smallest absolute Gasteiger partial charge is 0.273 e. The summed E-state index contributed by atoms with van der Waals surface area (Å²) in [6.45, 7) is 4.14. The number of aromatic nitrogens is 1. The van der Waals surface area contributed by atoms with Gasteiger partial charge in [0.1, 0.15) is 10.7 Å². The summed E-state index contributed by atoms with van der Waals surface area (Å²) in [6.07, 6.45) is 2.25. The second kappa shape index (κ2) is 5.37. The highest BCUT2D eigenvalue weighted by Gasteiger charge is 2.35. The topological polar surface area (TPSA) is 33.2 Å². The molecule has 1 aromatic heterocycles. The highest BCUT2D eigenvalue weighted by molar-refractivity contribution is 7.13. The van der Waals surface area contributed by atoms with E-state index in [2.05, 4.69) is 18.8 Å². The van der Waals surface area contributed by atoms with Crippen molar-refractivity contribution in [2.45, 2.75) is 38.8 Å². The summed E-state index contributed by atoms with van der Waals surface area (Å²) in [5.41, 5.74) is 1.65. The molecule has 1 saturated carbocycles. The predicted octanol–water partition coefficient (Wildman–Crippen LogP) is 3.82. The van der Waals surface area contributed by atoms with E-state index in [1.54, 1.807) is 0 Å². The van der Waals surface area contributed by atoms with Gasteiger partial charge in [-0.25, -0.2) is 4.98 Å². The maximum Gasteiger partial charge on any atom is 0.273 e. The Kier molecular flexibility index (Phi) is 3.57. The molecule has 104 valence electrons. The molecule has 0 unspecified atom stereocenters. The van der Waals surface area contributed by atoms with Crippen molar-refractivity contribution in [3.8, 4) is 10.6 Å². The third kappa shape index (κ3) is 2.61. The van der Waals surface area contributed by atoms with Crippen LogP contribution >= 0.6 is 11.3 Å². The Hall–Kier alpha value is -1.68. The molecule has 0 bridgehead atoms. The van der Waals surface area contributed by atoms with Crippen LogP contribution in [0, 0.1) is 0 Å². The van der Waals surface area contributed by atoms with Crippen LogP contribution in [0.2, 0.25) is 0 Å². The molecule has 0 radical (unpaired) electrons. The van der Waals surface area contributed by atoms with E-state index in [-0.39, 0.29) is 11.9 Å². The normalized spacial score (nSPS) is 14.6. The molecular weight excluding hydrogens is 268 g/mol. The third-order valence-electron chi connectivity index (χ3n) is 3.48. The van der Waals surface area contributed by atoms with Crippen molar-refractivity contribution in [1.82, 2.24) is 9.88 Å². The van der Waals surface area contributed by atoms with Crippen molar-refractivity contribution in [1.29, 1.82) is 0 Å². The lowest BCUT2D eigenvalue weighted by atomic mass is 10.2. The number of benzene rings is 1. The van der Waals surface area contributed by atoms with Crippen LogP contribution in [0.3, 0.4) is 0 Å². The molecule has 3 rings (SSSR count). The van der Waals surface area contributed by atoms with Gasteiger partial charge in [-0.05, 0) is 26.7 Å². The standard InChI is InChI=1S/C16H18N2OS/c1-11(2)18(13-8-9-13)16(19)14-10-20-15(17-14)12-6-4-3-5-7-12/h3-7,10-11,13H,8-9H2,1-2H3. The fourth-order valence-corrected chi connectivity index (χ4v) is 3.19. The molecule has 20 heavy (non-hydrogen) atoms. The van der Waals surface area contributed by atoms with Gasteiger partial charge in [0.25, 0.3) is 5.91 Å². The number of thiazole rings is 1. The molecule has 0 atom stereocenters. The molecule has 0 spiro atoms. The van der Waals surface area contributed by atoms with Crippen molar-refractivity contribution in [3.63, 3.8) is 0 Å². The first kappa shape index (κ1) is 13.3. The average molecular weight is 286 g/mol. The first-order chi connectivity index (χ1) is 9.66. The van der Waals surface area contributed by atoms with Crippen molar-refractivity contribution < 1.29 is 4.79 Å². The van der Waals surface area contributed by atoms with Gasteiger partial charge in [-0.15, -0.1) is 11.3 Å². The zero-order chi connectivity index (χ0) is 14.1. The van der Waals surface area contributed by atoms with Gasteiger partial charge < -0.3 is 4.90 Å². The number of nitrogens with zero attached hydrogens (tertiary/aromatic N) is 2. The number of carbonyl (C=O) groups excluding carboxylic acids is 1. The molecule has 0 N–H and O–H groups in total. The second-order valence-corrected chi connectivity index (χ2v) is 6.30. The predicted molar refractivity (Wildman–Crippen MR) is 81.9 cm³/mol. The van der Waals surface area contributed by atoms with Gasteiger partial charge in [-0.2, -0.15) is 0 Å². The monoisotopic (exact) mass is 286 g/mol. The molecule has 1 amide bonds. The lowest BCUT2D eigenvalue weighted by Crippen LogP contribution is -2.38. The van der Waals surface area contributed by atoms with Crippen molar-refractivity contribution in [2.75, 3.05) is 0 Å². The summed E-state index contributed by atoms with van der Waals surface area (Å²) < 4.78 is 0. The van der Waals surface area contributed by atoms with E-state index in [1.807, 2.05) is 40.6 Å². The number of hydrogen-bond acceptors (Lipinski definition) is 3. The molecule has 1 heterocycles. The van der Waals surface area contributed by atoms with Gasteiger partial charge in [0.15, 0.2) is 0 Å². The quantitative estimate of drug-likeness (QED) is 0.856. The zero-order valence-corrected chi connectivity index (χ0v) is 12.6. The van der Waals surface area contributed by atoms with E-state index >= 15 is 0 Å². The molecule has 1 aliphatic rings. The molecule has 3 nitrogen and oxygen atoms in total. The number of hydrogen-bond donors (Lipinski definition) is 0. The van der Waals surface area contributed by atoms with Crippen molar-refractivity contribution in [3.05, 3.63) is 41.4 Å². The zero-order valence-electron chi connectivity index (χ0n) is 11.7. The molecule has 1 fully saturated rings. The van der Waals surface area contributed by atoms with Crippen LogP contribution in [0.25, 0.3) is 10.6 Å². The third-order valence-corrected chi connectivity index (χ3v) is 4.37. The van der Waals surface area contributed by atoms with Crippen LogP contribution in [0.15, 0.2) is 35.7 Å². The highest BCUT2D eigenvalue weighted by atomic mass is 32.1. The largest absolute Gasteiger partial charge is 0.332 e. The van der Waals surface area contributed by atoms with Crippen LogP contribution in [0.1, 0.15) is 37.2 Å². The molecule has 0 saturated heterocycles. The summed E-state index contributed by atoms with van der Waals surface area (Å²) in [4.78, 5) is 19.1. The SMILES string of the molecule is CC(C)N(C(=O)c1csc(-c2ccccc2)n1)C1CC1. The molecule has 1 aliphatic carbocycles. The van der Waals surface area contributed by atoms with Gasteiger partial charge >= 0.3 is 0 Å². The Bertz CT molecular complexity index is 600. The van der Waals surface area contributed by atoms with Crippen LogP contribution in [0.4, 0.5) is 0 Å². The molecular formula is C16H18N2OS. The Morgan fingerprint density at radius 3 is 2.60 bits per heavy atom. The van der Waals surface area contributed by atoms with E-state index in [4.69, 9.17) is 0 Å².